The summed E-state index contributed by atoms with van der Waals surface area (Å²) in [5.41, 5.74) is 4.97. The van der Waals surface area contributed by atoms with Gasteiger partial charge < -0.3 is 14.2 Å². The van der Waals surface area contributed by atoms with Crippen LogP contribution in [0.4, 0.5) is 5.69 Å². The number of nitrogens with zero attached hydrogens (tertiary/aromatic N) is 2. The Kier molecular flexibility index (Phi) is 10.5. The van der Waals surface area contributed by atoms with Gasteiger partial charge in [-0.15, -0.1) is 0 Å². The SMILES string of the molecule is CCOc1cc(COc2c(Br)cc(/C=N/NC(=O)c3cccc([N+](=O)[O-])c3)cc2Br)ccc1OCc1ccccc1. The number of nitro benzene ring substituents is 1. The molecule has 0 aliphatic heterocycles. The van der Waals surface area contributed by atoms with E-state index >= 15 is 0 Å². The van der Waals surface area contributed by atoms with Gasteiger partial charge in [0.15, 0.2) is 11.5 Å². The lowest BCUT2D eigenvalue weighted by Gasteiger charge is -2.15. The molecule has 11 heteroatoms. The number of nitro groups is 1. The Hall–Kier alpha value is -4.22. The van der Waals surface area contributed by atoms with Crippen molar-refractivity contribution in [2.45, 2.75) is 20.1 Å². The van der Waals surface area contributed by atoms with Gasteiger partial charge in [-0.05, 0) is 85.8 Å². The van der Waals surface area contributed by atoms with Gasteiger partial charge in [0.25, 0.3) is 11.6 Å². The van der Waals surface area contributed by atoms with Gasteiger partial charge in [0.1, 0.15) is 19.0 Å². The van der Waals surface area contributed by atoms with Crippen molar-refractivity contribution in [2.24, 2.45) is 5.10 Å². The predicted molar refractivity (Wildman–Crippen MR) is 163 cm³/mol. The van der Waals surface area contributed by atoms with E-state index in [1.165, 1.54) is 30.5 Å². The number of carbonyl (C=O) groups is 1. The van der Waals surface area contributed by atoms with Crippen LogP contribution in [0.1, 0.15) is 34.0 Å². The number of nitrogens with one attached hydrogen (secondary N) is 1. The number of hydrogen-bond donors (Lipinski definition) is 1. The van der Waals surface area contributed by atoms with Gasteiger partial charge in [-0.25, -0.2) is 5.43 Å². The zero-order valence-corrected chi connectivity index (χ0v) is 25.1. The molecule has 4 rings (SSSR count). The first-order valence-corrected chi connectivity index (χ1v) is 14.0. The number of carbonyl (C=O) groups excluding carboxylic acids is 1. The molecule has 0 heterocycles. The van der Waals surface area contributed by atoms with Crippen LogP contribution in [0.5, 0.6) is 17.2 Å². The molecule has 0 spiro atoms. The third kappa shape index (κ3) is 8.38. The Labute approximate surface area is 253 Å². The fourth-order valence-corrected chi connectivity index (χ4v) is 5.15. The van der Waals surface area contributed by atoms with Crippen molar-refractivity contribution >= 4 is 49.7 Å². The van der Waals surface area contributed by atoms with Gasteiger partial charge in [0.05, 0.1) is 26.7 Å². The molecular formula is C30H25Br2N3O6. The zero-order chi connectivity index (χ0) is 29.2. The standard InChI is InChI=1S/C30H25Br2N3O6/c1-2-39-28-15-21(11-12-27(28)40-18-20-7-4-3-5-8-20)19-41-29-25(31)13-22(14-26(29)32)17-33-34-30(36)23-9-6-10-24(16-23)35(37)38/h3-17H,2,18-19H2,1H3,(H,34,36)/b33-17+. The summed E-state index contributed by atoms with van der Waals surface area (Å²) in [6.07, 6.45) is 1.46. The van der Waals surface area contributed by atoms with Gasteiger partial charge in [0, 0.05) is 17.7 Å². The predicted octanol–water partition coefficient (Wildman–Crippen LogP) is 7.44. The smallest absolute Gasteiger partial charge is 0.271 e. The molecule has 1 N–H and O–H groups in total. The van der Waals surface area contributed by atoms with Crippen LogP contribution in [0.25, 0.3) is 0 Å². The van der Waals surface area contributed by atoms with Crippen LogP contribution in [0.2, 0.25) is 0 Å². The molecule has 210 valence electrons. The highest BCUT2D eigenvalue weighted by molar-refractivity contribution is 9.11. The highest BCUT2D eigenvalue weighted by Crippen LogP contribution is 2.36. The minimum Gasteiger partial charge on any atom is -0.490 e. The van der Waals surface area contributed by atoms with Crippen LogP contribution in [0, 0.1) is 10.1 Å². The summed E-state index contributed by atoms with van der Waals surface area (Å²) in [6, 6.07) is 24.6. The second kappa shape index (κ2) is 14.4. The first-order chi connectivity index (χ1) is 19.8. The average Bonchev–Trinajstić information content (AvgIpc) is 2.97. The van der Waals surface area contributed by atoms with Crippen molar-refractivity contribution in [3.05, 3.63) is 126 Å². The number of ether oxygens (including phenoxy) is 3. The van der Waals surface area contributed by atoms with Gasteiger partial charge >= 0.3 is 0 Å². The minimum atomic E-state index is -0.564. The minimum absolute atomic E-state index is 0.130. The Bertz CT molecular complexity index is 1540. The molecule has 4 aromatic rings. The van der Waals surface area contributed by atoms with Crippen LogP contribution in [0.15, 0.2) is 99.0 Å². The molecule has 1 amide bonds. The van der Waals surface area contributed by atoms with E-state index in [0.717, 1.165) is 11.1 Å². The number of rotatable bonds is 12. The first-order valence-electron chi connectivity index (χ1n) is 12.5. The largest absolute Gasteiger partial charge is 0.490 e. The molecule has 0 saturated carbocycles. The molecule has 0 fully saturated rings. The lowest BCUT2D eigenvalue weighted by molar-refractivity contribution is -0.384. The summed E-state index contributed by atoms with van der Waals surface area (Å²) >= 11 is 7.06. The number of amides is 1. The summed E-state index contributed by atoms with van der Waals surface area (Å²) in [4.78, 5) is 22.7. The molecular weight excluding hydrogens is 658 g/mol. The lowest BCUT2D eigenvalue weighted by Crippen LogP contribution is -2.17. The summed E-state index contributed by atoms with van der Waals surface area (Å²) in [5.74, 6) is 1.32. The molecule has 0 aromatic heterocycles. The van der Waals surface area contributed by atoms with E-state index in [4.69, 9.17) is 14.2 Å². The first kappa shape index (κ1) is 29.8. The second-order valence-electron chi connectivity index (χ2n) is 8.60. The topological polar surface area (TPSA) is 112 Å². The Morgan fingerprint density at radius 2 is 1.61 bits per heavy atom. The van der Waals surface area contributed by atoms with E-state index in [1.807, 2.05) is 55.5 Å². The van der Waals surface area contributed by atoms with E-state index in [-0.39, 0.29) is 17.9 Å². The van der Waals surface area contributed by atoms with Gasteiger partial charge in [-0.3, -0.25) is 14.9 Å². The zero-order valence-electron chi connectivity index (χ0n) is 21.9. The maximum absolute atomic E-state index is 12.3. The van der Waals surface area contributed by atoms with Crippen molar-refractivity contribution in [3.63, 3.8) is 0 Å². The highest BCUT2D eigenvalue weighted by Gasteiger charge is 2.13. The van der Waals surface area contributed by atoms with Crippen molar-refractivity contribution in [3.8, 4) is 17.2 Å². The fourth-order valence-electron chi connectivity index (χ4n) is 3.70. The van der Waals surface area contributed by atoms with E-state index in [9.17, 15) is 14.9 Å². The Morgan fingerprint density at radius 1 is 0.878 bits per heavy atom. The molecule has 0 radical (unpaired) electrons. The number of non-ortho nitro benzene ring substituents is 1. The van der Waals surface area contributed by atoms with Gasteiger partial charge in [-0.1, -0.05) is 42.5 Å². The number of hydrogen-bond acceptors (Lipinski definition) is 7. The number of hydrazone groups is 1. The Morgan fingerprint density at radius 3 is 2.32 bits per heavy atom. The lowest BCUT2D eigenvalue weighted by atomic mass is 10.2. The van der Waals surface area contributed by atoms with E-state index in [1.54, 1.807) is 12.1 Å². The molecule has 0 saturated heterocycles. The van der Waals surface area contributed by atoms with Crippen molar-refractivity contribution in [1.82, 2.24) is 5.43 Å². The molecule has 41 heavy (non-hydrogen) atoms. The number of halogens is 2. The van der Waals surface area contributed by atoms with E-state index in [2.05, 4.69) is 42.4 Å². The molecule has 0 aliphatic carbocycles. The average molecular weight is 683 g/mol. The molecule has 9 nitrogen and oxygen atoms in total. The summed E-state index contributed by atoms with van der Waals surface area (Å²) in [5, 5.41) is 14.9. The van der Waals surface area contributed by atoms with Crippen LogP contribution in [-0.4, -0.2) is 23.7 Å². The maximum atomic E-state index is 12.3. The molecule has 0 aliphatic rings. The molecule has 4 aromatic carbocycles. The molecule has 0 bridgehead atoms. The maximum Gasteiger partial charge on any atom is 0.271 e. The third-order valence-electron chi connectivity index (χ3n) is 5.65. The van der Waals surface area contributed by atoms with Crippen LogP contribution >= 0.6 is 31.9 Å². The summed E-state index contributed by atoms with van der Waals surface area (Å²) in [6.45, 7) is 3.13. The van der Waals surface area contributed by atoms with E-state index < -0.39 is 10.8 Å². The van der Waals surface area contributed by atoms with Crippen LogP contribution < -0.4 is 19.6 Å². The highest BCUT2D eigenvalue weighted by atomic mass is 79.9. The van der Waals surface area contributed by atoms with Crippen LogP contribution in [-0.2, 0) is 13.2 Å². The van der Waals surface area contributed by atoms with Crippen LogP contribution in [0.3, 0.4) is 0 Å². The monoisotopic (exact) mass is 681 g/mol. The molecule has 0 unspecified atom stereocenters. The van der Waals surface area contributed by atoms with Gasteiger partial charge in [0.2, 0.25) is 0 Å². The molecule has 0 atom stereocenters. The van der Waals surface area contributed by atoms with Gasteiger partial charge in [-0.2, -0.15) is 5.10 Å². The fraction of sp³-hybridized carbons (Fsp3) is 0.133. The summed E-state index contributed by atoms with van der Waals surface area (Å²) in [7, 11) is 0. The number of benzene rings is 4. The quantitative estimate of drug-likeness (QED) is 0.0944. The Balaban J connectivity index is 1.38. The van der Waals surface area contributed by atoms with Crippen molar-refractivity contribution in [1.29, 1.82) is 0 Å². The van der Waals surface area contributed by atoms with E-state index in [0.29, 0.717) is 45.0 Å². The summed E-state index contributed by atoms with van der Waals surface area (Å²) < 4.78 is 19.2. The second-order valence-corrected chi connectivity index (χ2v) is 10.3. The normalized spacial score (nSPS) is 10.8. The van der Waals surface area contributed by atoms with Crippen molar-refractivity contribution < 1.29 is 23.9 Å². The third-order valence-corrected chi connectivity index (χ3v) is 6.83. The van der Waals surface area contributed by atoms with Crippen molar-refractivity contribution in [2.75, 3.05) is 6.61 Å².